The van der Waals surface area contributed by atoms with Gasteiger partial charge in [0.05, 0.1) is 23.0 Å². The van der Waals surface area contributed by atoms with Crippen molar-refractivity contribution in [3.8, 4) is 0 Å². The van der Waals surface area contributed by atoms with Crippen LogP contribution in [-0.4, -0.2) is 35.5 Å². The van der Waals surface area contributed by atoms with Crippen LogP contribution in [0.2, 0.25) is 5.02 Å². The molecule has 6 nitrogen and oxygen atoms in total. The van der Waals surface area contributed by atoms with Gasteiger partial charge in [-0.05, 0) is 19.1 Å². The van der Waals surface area contributed by atoms with Crippen LogP contribution in [0.5, 0.6) is 0 Å². The van der Waals surface area contributed by atoms with Crippen LogP contribution in [0.15, 0.2) is 24.3 Å². The predicted molar refractivity (Wildman–Crippen MR) is 81.8 cm³/mol. The van der Waals surface area contributed by atoms with Crippen molar-refractivity contribution in [2.24, 2.45) is 5.92 Å². The molecule has 2 rings (SSSR count). The molecule has 0 bridgehead atoms. The van der Waals surface area contributed by atoms with Gasteiger partial charge in [-0.2, -0.15) is 0 Å². The molecule has 1 saturated heterocycles. The van der Waals surface area contributed by atoms with E-state index in [1.165, 1.54) is 4.90 Å². The highest BCUT2D eigenvalue weighted by molar-refractivity contribution is 6.33. The van der Waals surface area contributed by atoms with Gasteiger partial charge in [-0.25, -0.2) is 0 Å². The molecule has 1 heterocycles. The third kappa shape index (κ3) is 3.76. The number of carboxylic acids is 1. The fourth-order valence-corrected chi connectivity index (χ4v) is 2.70. The summed E-state index contributed by atoms with van der Waals surface area (Å²) in [5.41, 5.74) is 0.586. The first-order valence-corrected chi connectivity index (χ1v) is 7.33. The van der Waals surface area contributed by atoms with Crippen molar-refractivity contribution in [2.75, 3.05) is 11.4 Å². The number of carbonyl (C=O) groups excluding carboxylic acids is 2. The van der Waals surface area contributed by atoms with Crippen molar-refractivity contribution >= 4 is 35.1 Å². The van der Waals surface area contributed by atoms with Gasteiger partial charge in [0.2, 0.25) is 11.8 Å². The molecular weight excluding hydrogens is 308 g/mol. The topological polar surface area (TPSA) is 86.7 Å². The van der Waals surface area contributed by atoms with Crippen molar-refractivity contribution in [3.63, 3.8) is 0 Å². The molecule has 0 aliphatic carbocycles. The van der Waals surface area contributed by atoms with Gasteiger partial charge in [0.25, 0.3) is 0 Å². The predicted octanol–water partition coefficient (Wildman–Crippen LogP) is 1.67. The van der Waals surface area contributed by atoms with Crippen molar-refractivity contribution < 1.29 is 19.5 Å². The van der Waals surface area contributed by atoms with Crippen molar-refractivity contribution in [1.82, 2.24) is 5.32 Å². The minimum atomic E-state index is -0.979. The Morgan fingerprint density at radius 2 is 2.14 bits per heavy atom. The Labute approximate surface area is 133 Å². The fourth-order valence-electron chi connectivity index (χ4n) is 2.46. The van der Waals surface area contributed by atoms with Crippen LogP contribution in [0.25, 0.3) is 0 Å². The molecule has 1 aliphatic rings. The summed E-state index contributed by atoms with van der Waals surface area (Å²) in [6, 6.07) is 6.48. The number of anilines is 1. The number of aliphatic carboxylic acids is 1. The minimum absolute atomic E-state index is 0.0941. The second-order valence-corrected chi connectivity index (χ2v) is 5.77. The van der Waals surface area contributed by atoms with E-state index in [0.717, 1.165) is 0 Å². The van der Waals surface area contributed by atoms with Gasteiger partial charge in [-0.15, -0.1) is 0 Å². The number of benzene rings is 1. The van der Waals surface area contributed by atoms with E-state index in [1.54, 1.807) is 31.2 Å². The normalized spacial score (nSPS) is 19.1. The Morgan fingerprint density at radius 1 is 1.45 bits per heavy atom. The molecule has 0 saturated carbocycles. The second kappa shape index (κ2) is 6.79. The summed E-state index contributed by atoms with van der Waals surface area (Å²) >= 11 is 6.08. The third-order valence-electron chi connectivity index (χ3n) is 3.51. The fraction of sp³-hybridized carbons (Fsp3) is 0.400. The summed E-state index contributed by atoms with van der Waals surface area (Å²) in [5, 5.41) is 11.8. The Morgan fingerprint density at radius 3 is 2.77 bits per heavy atom. The average Bonchev–Trinajstić information content (AvgIpc) is 2.80. The largest absolute Gasteiger partial charge is 0.481 e. The quantitative estimate of drug-likeness (QED) is 0.862. The maximum atomic E-state index is 12.1. The van der Waals surface area contributed by atoms with E-state index < -0.39 is 17.9 Å². The van der Waals surface area contributed by atoms with Crippen LogP contribution in [0.3, 0.4) is 0 Å². The molecule has 1 fully saturated rings. The lowest BCUT2D eigenvalue weighted by atomic mass is 10.1. The molecule has 0 spiro atoms. The molecule has 1 aromatic carbocycles. The number of nitrogens with one attached hydrogen (secondary N) is 1. The van der Waals surface area contributed by atoms with Crippen LogP contribution in [0.4, 0.5) is 5.69 Å². The van der Waals surface area contributed by atoms with Crippen LogP contribution in [-0.2, 0) is 14.4 Å². The van der Waals surface area contributed by atoms with Gasteiger partial charge in [-0.3, -0.25) is 14.4 Å². The number of rotatable bonds is 5. The Kier molecular flexibility index (Phi) is 5.03. The van der Waals surface area contributed by atoms with Gasteiger partial charge >= 0.3 is 5.97 Å². The third-order valence-corrected chi connectivity index (χ3v) is 3.83. The van der Waals surface area contributed by atoms with E-state index in [0.29, 0.717) is 10.7 Å². The Balaban J connectivity index is 2.02. The number of hydrogen-bond acceptors (Lipinski definition) is 3. The van der Waals surface area contributed by atoms with Crippen molar-refractivity contribution in [1.29, 1.82) is 0 Å². The van der Waals surface area contributed by atoms with Crippen LogP contribution in [0, 0.1) is 5.92 Å². The number of carboxylic acid groups (broad SMARTS) is 1. The van der Waals surface area contributed by atoms with Crippen LogP contribution >= 0.6 is 11.6 Å². The maximum Gasteiger partial charge on any atom is 0.305 e. The molecule has 2 unspecified atom stereocenters. The highest BCUT2D eigenvalue weighted by Crippen LogP contribution is 2.31. The molecule has 22 heavy (non-hydrogen) atoms. The molecule has 1 aromatic rings. The Hall–Kier alpha value is -2.08. The van der Waals surface area contributed by atoms with Gasteiger partial charge in [0.1, 0.15) is 0 Å². The molecule has 0 aromatic heterocycles. The van der Waals surface area contributed by atoms with Crippen molar-refractivity contribution in [3.05, 3.63) is 29.3 Å². The molecule has 2 N–H and O–H groups in total. The first-order valence-electron chi connectivity index (χ1n) is 6.95. The number of carbonyl (C=O) groups is 3. The van der Waals surface area contributed by atoms with Crippen LogP contribution in [0.1, 0.15) is 19.8 Å². The monoisotopic (exact) mass is 324 g/mol. The minimum Gasteiger partial charge on any atom is -0.481 e. The maximum absolute atomic E-state index is 12.1. The van der Waals surface area contributed by atoms with Gasteiger partial charge in [-0.1, -0.05) is 23.7 Å². The van der Waals surface area contributed by atoms with E-state index >= 15 is 0 Å². The summed E-state index contributed by atoms with van der Waals surface area (Å²) in [6.45, 7) is 1.86. The first-order chi connectivity index (χ1) is 10.4. The van der Waals surface area contributed by atoms with Crippen molar-refractivity contribution in [2.45, 2.75) is 25.8 Å². The van der Waals surface area contributed by atoms with E-state index in [4.69, 9.17) is 16.7 Å². The van der Waals surface area contributed by atoms with E-state index in [2.05, 4.69) is 5.32 Å². The lowest BCUT2D eigenvalue weighted by molar-refractivity contribution is -0.137. The molecule has 118 valence electrons. The number of para-hydroxylation sites is 1. The molecular formula is C15H17ClN2O4. The molecule has 1 aliphatic heterocycles. The number of amides is 2. The molecule has 2 atom stereocenters. The number of nitrogens with zero attached hydrogens (tertiary/aromatic N) is 1. The lowest BCUT2D eigenvalue weighted by Gasteiger charge is -2.18. The Bertz CT molecular complexity index is 605. The highest BCUT2D eigenvalue weighted by Gasteiger charge is 2.36. The van der Waals surface area contributed by atoms with Gasteiger partial charge in [0.15, 0.2) is 0 Å². The second-order valence-electron chi connectivity index (χ2n) is 5.36. The highest BCUT2D eigenvalue weighted by atomic mass is 35.5. The zero-order valence-corrected chi connectivity index (χ0v) is 12.8. The SMILES string of the molecule is CC(CC(=O)O)NC(=O)C1CC(=O)N(c2ccccc2Cl)C1. The summed E-state index contributed by atoms with van der Waals surface area (Å²) in [6.07, 6.45) is -0.0581. The molecule has 7 heteroatoms. The standard InChI is InChI=1S/C15H17ClN2O4/c1-9(6-14(20)21)17-15(22)10-7-13(19)18(8-10)12-5-3-2-4-11(12)16/h2-5,9-10H,6-8H2,1H3,(H,17,22)(H,20,21). The zero-order valence-electron chi connectivity index (χ0n) is 12.1. The zero-order chi connectivity index (χ0) is 16.3. The molecule has 2 amide bonds. The molecule has 0 radical (unpaired) electrons. The summed E-state index contributed by atoms with van der Waals surface area (Å²) in [4.78, 5) is 36.3. The summed E-state index contributed by atoms with van der Waals surface area (Å²) in [5.74, 6) is -1.95. The first kappa shape index (κ1) is 16.3. The smallest absolute Gasteiger partial charge is 0.305 e. The van der Waals surface area contributed by atoms with E-state index in [1.807, 2.05) is 0 Å². The summed E-state index contributed by atoms with van der Waals surface area (Å²) in [7, 11) is 0. The van der Waals surface area contributed by atoms with Crippen LogP contribution < -0.4 is 10.2 Å². The lowest BCUT2D eigenvalue weighted by Crippen LogP contribution is -2.39. The van der Waals surface area contributed by atoms with Gasteiger partial charge in [0, 0.05) is 19.0 Å². The van der Waals surface area contributed by atoms with E-state index in [9.17, 15) is 14.4 Å². The van der Waals surface area contributed by atoms with E-state index in [-0.39, 0.29) is 31.2 Å². The average molecular weight is 325 g/mol. The number of halogens is 1. The number of hydrogen-bond donors (Lipinski definition) is 2. The van der Waals surface area contributed by atoms with Gasteiger partial charge < -0.3 is 15.3 Å². The summed E-state index contributed by atoms with van der Waals surface area (Å²) < 4.78 is 0.